The third-order valence-corrected chi connectivity index (χ3v) is 5.58. The number of carbonyl (C=O) groups is 1. The largest absolute Gasteiger partial charge is 0.305 e. The first-order chi connectivity index (χ1) is 11.5. The van der Waals surface area contributed by atoms with Crippen LogP contribution in [-0.4, -0.2) is 10.5 Å². The Balaban J connectivity index is 2.22. The highest BCUT2D eigenvalue weighted by Crippen LogP contribution is 2.22. The molecule has 0 aliphatic carbocycles. The lowest BCUT2D eigenvalue weighted by atomic mass is 10.1. The van der Waals surface area contributed by atoms with Crippen LogP contribution in [0.2, 0.25) is 0 Å². The number of hydrogen-bond donors (Lipinski definition) is 0. The molecule has 3 rings (SSSR count). The van der Waals surface area contributed by atoms with Crippen molar-refractivity contribution in [1.29, 1.82) is 0 Å². The summed E-state index contributed by atoms with van der Waals surface area (Å²) in [4.78, 5) is 17.5. The molecule has 0 unspecified atom stereocenters. The molecule has 0 bridgehead atoms. The van der Waals surface area contributed by atoms with Gasteiger partial charge in [-0.2, -0.15) is 4.99 Å². The topological polar surface area (TPSA) is 34.4 Å². The number of aromatic nitrogens is 1. The van der Waals surface area contributed by atoms with E-state index >= 15 is 0 Å². The fourth-order valence-corrected chi connectivity index (χ4v) is 3.99. The van der Waals surface area contributed by atoms with Crippen molar-refractivity contribution in [2.24, 2.45) is 4.99 Å². The first-order valence-electron chi connectivity index (χ1n) is 7.39. The third-order valence-electron chi connectivity index (χ3n) is 3.85. The first-order valence-corrected chi connectivity index (χ1v) is 9.00. The zero-order valence-electron chi connectivity index (χ0n) is 13.3. The van der Waals surface area contributed by atoms with Crippen LogP contribution < -0.4 is 4.80 Å². The number of terminal acetylenes is 1. The minimum atomic E-state index is -0.284. The van der Waals surface area contributed by atoms with Crippen LogP contribution in [0, 0.1) is 26.2 Å². The molecule has 0 atom stereocenters. The standard InChI is InChI=1S/C19H15BrN2OS/c1-4-9-22-16-10-12(2)13(3)11-17(16)24-19(22)21-18(23)14-7-5-6-8-15(14)20/h1,5-8,10-11H,9H2,2-3H3. The summed E-state index contributed by atoms with van der Waals surface area (Å²) >= 11 is 4.88. The van der Waals surface area contributed by atoms with Crippen LogP contribution >= 0.6 is 27.3 Å². The molecule has 24 heavy (non-hydrogen) atoms. The van der Waals surface area contributed by atoms with E-state index in [0.717, 1.165) is 14.7 Å². The summed E-state index contributed by atoms with van der Waals surface area (Å²) in [7, 11) is 0. The minimum absolute atomic E-state index is 0.284. The van der Waals surface area contributed by atoms with Crippen molar-refractivity contribution in [2.75, 3.05) is 0 Å². The maximum Gasteiger partial charge on any atom is 0.280 e. The molecule has 1 amide bonds. The Hall–Kier alpha value is -2.16. The Morgan fingerprint density at radius 1 is 1.29 bits per heavy atom. The molecule has 0 fully saturated rings. The number of fused-ring (bicyclic) bond motifs is 1. The number of halogens is 1. The quantitative estimate of drug-likeness (QED) is 0.586. The van der Waals surface area contributed by atoms with Crippen LogP contribution in [0.5, 0.6) is 0 Å². The van der Waals surface area contributed by atoms with Gasteiger partial charge in [-0.15, -0.1) is 6.42 Å². The van der Waals surface area contributed by atoms with Gasteiger partial charge in [0.05, 0.1) is 22.3 Å². The maximum absolute atomic E-state index is 12.5. The molecule has 0 aliphatic heterocycles. The summed E-state index contributed by atoms with van der Waals surface area (Å²) < 4.78 is 3.73. The van der Waals surface area contributed by atoms with Gasteiger partial charge in [-0.3, -0.25) is 4.79 Å². The van der Waals surface area contributed by atoms with Crippen LogP contribution in [0.15, 0.2) is 45.9 Å². The molecule has 0 saturated carbocycles. The molecule has 3 aromatic rings. The minimum Gasteiger partial charge on any atom is -0.305 e. The summed E-state index contributed by atoms with van der Waals surface area (Å²) in [5.41, 5.74) is 3.95. The average molecular weight is 399 g/mol. The summed E-state index contributed by atoms with van der Waals surface area (Å²) in [5, 5.41) is 0. The zero-order valence-corrected chi connectivity index (χ0v) is 15.7. The molecule has 0 spiro atoms. The van der Waals surface area contributed by atoms with Crippen molar-refractivity contribution >= 4 is 43.4 Å². The van der Waals surface area contributed by atoms with E-state index in [0.29, 0.717) is 16.9 Å². The van der Waals surface area contributed by atoms with Gasteiger partial charge in [-0.05, 0) is 65.2 Å². The fourth-order valence-electron chi connectivity index (χ4n) is 2.43. The Morgan fingerprint density at radius 2 is 2.00 bits per heavy atom. The third kappa shape index (κ3) is 3.08. The predicted octanol–water partition coefficient (Wildman–Crippen LogP) is 4.46. The summed E-state index contributed by atoms with van der Waals surface area (Å²) in [6.45, 7) is 4.52. The van der Waals surface area contributed by atoms with Crippen molar-refractivity contribution in [1.82, 2.24) is 4.57 Å². The molecule has 0 aliphatic rings. The van der Waals surface area contributed by atoms with E-state index in [9.17, 15) is 4.79 Å². The molecule has 3 nitrogen and oxygen atoms in total. The molecular weight excluding hydrogens is 384 g/mol. The van der Waals surface area contributed by atoms with Gasteiger partial charge in [0.1, 0.15) is 0 Å². The second-order valence-electron chi connectivity index (χ2n) is 5.48. The van der Waals surface area contributed by atoms with Crippen LogP contribution in [0.3, 0.4) is 0 Å². The Morgan fingerprint density at radius 3 is 2.71 bits per heavy atom. The summed E-state index contributed by atoms with van der Waals surface area (Å²) in [6.07, 6.45) is 5.51. The zero-order chi connectivity index (χ0) is 17.3. The van der Waals surface area contributed by atoms with Gasteiger partial charge in [0.2, 0.25) is 0 Å². The van der Waals surface area contributed by atoms with E-state index in [1.54, 1.807) is 6.07 Å². The monoisotopic (exact) mass is 398 g/mol. The van der Waals surface area contributed by atoms with Crippen molar-refractivity contribution in [3.8, 4) is 12.3 Å². The Labute approximate surface area is 152 Å². The Kier molecular flexibility index (Phi) is 4.70. The smallest absolute Gasteiger partial charge is 0.280 e. The van der Waals surface area contributed by atoms with E-state index < -0.39 is 0 Å². The summed E-state index contributed by atoms with van der Waals surface area (Å²) in [6, 6.07) is 11.5. The lowest BCUT2D eigenvalue weighted by Gasteiger charge is -2.03. The van der Waals surface area contributed by atoms with Gasteiger partial charge in [0.25, 0.3) is 5.91 Å². The van der Waals surface area contributed by atoms with Crippen LogP contribution in [0.4, 0.5) is 0 Å². The molecule has 2 aromatic carbocycles. The predicted molar refractivity (Wildman–Crippen MR) is 102 cm³/mol. The SMILES string of the molecule is C#CCn1c(=NC(=O)c2ccccc2Br)sc2cc(C)c(C)cc21. The molecule has 5 heteroatoms. The Bertz CT molecular complexity index is 1050. The van der Waals surface area contributed by atoms with Crippen LogP contribution in [-0.2, 0) is 6.54 Å². The number of thiazole rings is 1. The van der Waals surface area contributed by atoms with E-state index in [1.807, 2.05) is 22.8 Å². The molecule has 120 valence electrons. The second kappa shape index (κ2) is 6.76. The lowest BCUT2D eigenvalue weighted by molar-refractivity contribution is 0.0997. The molecule has 0 saturated heterocycles. The average Bonchev–Trinajstić information content (AvgIpc) is 2.85. The normalized spacial score (nSPS) is 11.7. The molecular formula is C19H15BrN2OS. The van der Waals surface area contributed by atoms with Crippen molar-refractivity contribution in [3.05, 3.63) is 62.4 Å². The van der Waals surface area contributed by atoms with E-state index in [2.05, 4.69) is 52.8 Å². The summed E-state index contributed by atoms with van der Waals surface area (Å²) in [5.74, 6) is 2.37. The van der Waals surface area contributed by atoms with Crippen LogP contribution in [0.25, 0.3) is 10.2 Å². The van der Waals surface area contributed by atoms with Gasteiger partial charge >= 0.3 is 0 Å². The second-order valence-corrected chi connectivity index (χ2v) is 7.34. The van der Waals surface area contributed by atoms with E-state index in [1.165, 1.54) is 22.5 Å². The molecule has 0 radical (unpaired) electrons. The van der Waals surface area contributed by atoms with E-state index in [-0.39, 0.29) is 5.91 Å². The number of carbonyl (C=O) groups excluding carboxylic acids is 1. The highest BCUT2D eigenvalue weighted by Gasteiger charge is 2.11. The molecule has 1 heterocycles. The van der Waals surface area contributed by atoms with Crippen LogP contribution in [0.1, 0.15) is 21.5 Å². The number of rotatable bonds is 2. The number of hydrogen-bond acceptors (Lipinski definition) is 2. The lowest BCUT2D eigenvalue weighted by Crippen LogP contribution is -2.16. The van der Waals surface area contributed by atoms with Crippen molar-refractivity contribution < 1.29 is 4.79 Å². The molecule has 1 aromatic heterocycles. The fraction of sp³-hybridized carbons (Fsp3) is 0.158. The van der Waals surface area contributed by atoms with E-state index in [4.69, 9.17) is 6.42 Å². The number of benzene rings is 2. The highest BCUT2D eigenvalue weighted by atomic mass is 79.9. The van der Waals surface area contributed by atoms with Crippen molar-refractivity contribution in [2.45, 2.75) is 20.4 Å². The number of aryl methyl sites for hydroxylation is 2. The maximum atomic E-state index is 12.5. The number of amides is 1. The highest BCUT2D eigenvalue weighted by molar-refractivity contribution is 9.10. The van der Waals surface area contributed by atoms with Gasteiger partial charge < -0.3 is 4.57 Å². The van der Waals surface area contributed by atoms with Gasteiger partial charge in [-0.1, -0.05) is 29.4 Å². The van der Waals surface area contributed by atoms with Crippen molar-refractivity contribution in [3.63, 3.8) is 0 Å². The van der Waals surface area contributed by atoms with Gasteiger partial charge in [0.15, 0.2) is 4.80 Å². The first kappa shape index (κ1) is 16.7. The number of nitrogens with zero attached hydrogens (tertiary/aromatic N) is 2. The van der Waals surface area contributed by atoms with Gasteiger partial charge in [0, 0.05) is 4.47 Å². The molecule has 0 N–H and O–H groups in total. The van der Waals surface area contributed by atoms with Gasteiger partial charge in [-0.25, -0.2) is 0 Å².